The molecule has 0 amide bonds. The first-order chi connectivity index (χ1) is 8.15. The van der Waals surface area contributed by atoms with Crippen LogP contribution in [0, 0.1) is 6.92 Å². The zero-order valence-corrected chi connectivity index (χ0v) is 12.8. The molecule has 102 valence electrons. The average Bonchev–Trinajstić information content (AvgIpc) is 2.18. The van der Waals surface area contributed by atoms with Gasteiger partial charge in [0.25, 0.3) is 0 Å². The van der Waals surface area contributed by atoms with Crippen LogP contribution >= 0.6 is 0 Å². The average molecular weight is 249 g/mol. The van der Waals surface area contributed by atoms with E-state index in [9.17, 15) is 0 Å². The predicted molar refractivity (Wildman–Crippen MR) is 78.5 cm³/mol. The molecule has 18 heavy (non-hydrogen) atoms. The molecular formula is C16H27NO. The lowest BCUT2D eigenvalue weighted by atomic mass is 9.85. The first-order valence-electron chi connectivity index (χ1n) is 6.60. The molecular weight excluding hydrogens is 222 g/mol. The fourth-order valence-electron chi connectivity index (χ4n) is 2.08. The zero-order chi connectivity index (χ0) is 14.0. The van der Waals surface area contributed by atoms with Crippen molar-refractivity contribution in [2.45, 2.75) is 52.6 Å². The lowest BCUT2D eigenvalue weighted by Crippen LogP contribution is -2.39. The van der Waals surface area contributed by atoms with Crippen LogP contribution in [0.4, 0.5) is 0 Å². The number of hydrogen-bond acceptors (Lipinski definition) is 2. The standard InChI is InChI=1S/C16H27NO/c1-12-8-9-14(13(10-12)15(2,3)4)18-16(5,6)11-17-7/h8-10,17H,11H2,1-7H3. The topological polar surface area (TPSA) is 21.3 Å². The molecule has 1 aromatic carbocycles. The van der Waals surface area contributed by atoms with Crippen molar-refractivity contribution in [2.75, 3.05) is 13.6 Å². The van der Waals surface area contributed by atoms with Gasteiger partial charge in [-0.05, 0) is 44.9 Å². The summed E-state index contributed by atoms with van der Waals surface area (Å²) in [6.45, 7) is 13.8. The van der Waals surface area contributed by atoms with Crippen molar-refractivity contribution >= 4 is 0 Å². The van der Waals surface area contributed by atoms with Crippen molar-refractivity contribution in [1.82, 2.24) is 5.32 Å². The maximum atomic E-state index is 6.19. The molecule has 1 rings (SSSR count). The third kappa shape index (κ3) is 4.02. The molecule has 2 heteroatoms. The van der Waals surface area contributed by atoms with E-state index in [1.165, 1.54) is 11.1 Å². The van der Waals surface area contributed by atoms with Crippen molar-refractivity contribution in [3.05, 3.63) is 29.3 Å². The summed E-state index contributed by atoms with van der Waals surface area (Å²) in [5, 5.41) is 3.17. The minimum Gasteiger partial charge on any atom is -0.486 e. The van der Waals surface area contributed by atoms with Gasteiger partial charge in [0.15, 0.2) is 0 Å². The molecule has 0 saturated carbocycles. The van der Waals surface area contributed by atoms with Crippen LogP contribution in [0.15, 0.2) is 18.2 Å². The van der Waals surface area contributed by atoms with Crippen LogP contribution in [0.2, 0.25) is 0 Å². The first-order valence-corrected chi connectivity index (χ1v) is 6.60. The summed E-state index contributed by atoms with van der Waals surface area (Å²) < 4.78 is 6.19. The van der Waals surface area contributed by atoms with Gasteiger partial charge in [-0.2, -0.15) is 0 Å². The Hall–Kier alpha value is -1.02. The lowest BCUT2D eigenvalue weighted by molar-refractivity contribution is 0.108. The molecule has 0 aliphatic rings. The van der Waals surface area contributed by atoms with Gasteiger partial charge in [-0.25, -0.2) is 0 Å². The van der Waals surface area contributed by atoms with Gasteiger partial charge in [-0.3, -0.25) is 0 Å². The quantitative estimate of drug-likeness (QED) is 0.879. The van der Waals surface area contributed by atoms with E-state index >= 15 is 0 Å². The highest BCUT2D eigenvalue weighted by molar-refractivity contribution is 5.41. The maximum Gasteiger partial charge on any atom is 0.123 e. The summed E-state index contributed by atoms with van der Waals surface area (Å²) in [7, 11) is 1.95. The second-order valence-corrected chi connectivity index (χ2v) is 6.64. The number of likely N-dealkylation sites (N-methyl/N-ethyl adjacent to an activating group) is 1. The zero-order valence-electron chi connectivity index (χ0n) is 12.8. The van der Waals surface area contributed by atoms with Gasteiger partial charge in [-0.15, -0.1) is 0 Å². The Labute approximate surface area is 112 Å². The molecule has 0 radical (unpaired) electrons. The van der Waals surface area contributed by atoms with E-state index in [-0.39, 0.29) is 11.0 Å². The van der Waals surface area contributed by atoms with Gasteiger partial charge in [0.1, 0.15) is 11.4 Å². The molecule has 0 aliphatic carbocycles. The maximum absolute atomic E-state index is 6.19. The molecule has 2 nitrogen and oxygen atoms in total. The molecule has 0 unspecified atom stereocenters. The van der Waals surface area contributed by atoms with E-state index in [4.69, 9.17) is 4.74 Å². The van der Waals surface area contributed by atoms with Crippen LogP contribution in [-0.4, -0.2) is 19.2 Å². The smallest absolute Gasteiger partial charge is 0.123 e. The fourth-order valence-corrected chi connectivity index (χ4v) is 2.08. The number of aryl methyl sites for hydroxylation is 1. The van der Waals surface area contributed by atoms with Gasteiger partial charge in [0, 0.05) is 6.54 Å². The molecule has 0 aromatic heterocycles. The van der Waals surface area contributed by atoms with Crippen LogP contribution < -0.4 is 10.1 Å². The van der Waals surface area contributed by atoms with E-state index in [0.29, 0.717) is 0 Å². The highest BCUT2D eigenvalue weighted by Gasteiger charge is 2.24. The lowest BCUT2D eigenvalue weighted by Gasteiger charge is -2.31. The number of nitrogens with one attached hydrogen (secondary N) is 1. The van der Waals surface area contributed by atoms with Crippen LogP contribution in [-0.2, 0) is 5.41 Å². The number of ether oxygens (including phenoxy) is 1. The van der Waals surface area contributed by atoms with Gasteiger partial charge in [-0.1, -0.05) is 38.5 Å². The van der Waals surface area contributed by atoms with E-state index < -0.39 is 0 Å². The van der Waals surface area contributed by atoms with E-state index in [0.717, 1.165) is 12.3 Å². The van der Waals surface area contributed by atoms with Gasteiger partial charge < -0.3 is 10.1 Å². The van der Waals surface area contributed by atoms with Crippen molar-refractivity contribution in [3.63, 3.8) is 0 Å². The van der Waals surface area contributed by atoms with E-state index in [1.807, 2.05) is 7.05 Å². The molecule has 0 bridgehead atoms. The second-order valence-electron chi connectivity index (χ2n) is 6.64. The van der Waals surface area contributed by atoms with Crippen LogP contribution in [0.5, 0.6) is 5.75 Å². The molecule has 1 N–H and O–H groups in total. The first kappa shape index (κ1) is 15.0. The van der Waals surface area contributed by atoms with Crippen LogP contribution in [0.3, 0.4) is 0 Å². The van der Waals surface area contributed by atoms with Crippen molar-refractivity contribution < 1.29 is 4.74 Å². The van der Waals surface area contributed by atoms with Crippen molar-refractivity contribution in [3.8, 4) is 5.75 Å². The molecule has 1 aromatic rings. The number of rotatable bonds is 4. The van der Waals surface area contributed by atoms with Gasteiger partial charge in [0.05, 0.1) is 0 Å². The van der Waals surface area contributed by atoms with Crippen molar-refractivity contribution in [2.24, 2.45) is 0 Å². The molecule has 0 spiro atoms. The Morgan fingerprint density at radius 3 is 2.22 bits per heavy atom. The minimum atomic E-state index is -0.204. The minimum absolute atomic E-state index is 0.0943. The van der Waals surface area contributed by atoms with E-state index in [1.54, 1.807) is 0 Å². The number of hydrogen-bond donors (Lipinski definition) is 1. The Morgan fingerprint density at radius 1 is 1.11 bits per heavy atom. The third-order valence-electron chi connectivity index (χ3n) is 2.93. The fraction of sp³-hybridized carbons (Fsp3) is 0.625. The summed E-state index contributed by atoms with van der Waals surface area (Å²) in [4.78, 5) is 0. The normalized spacial score (nSPS) is 12.6. The second kappa shape index (κ2) is 5.31. The van der Waals surface area contributed by atoms with Crippen LogP contribution in [0.25, 0.3) is 0 Å². The molecule has 0 atom stereocenters. The molecule has 0 saturated heterocycles. The molecule has 0 aliphatic heterocycles. The molecule has 0 heterocycles. The van der Waals surface area contributed by atoms with Crippen molar-refractivity contribution in [1.29, 1.82) is 0 Å². The largest absolute Gasteiger partial charge is 0.486 e. The Morgan fingerprint density at radius 2 is 1.72 bits per heavy atom. The van der Waals surface area contributed by atoms with Crippen LogP contribution in [0.1, 0.15) is 45.7 Å². The molecule has 0 fully saturated rings. The summed E-state index contributed by atoms with van der Waals surface area (Å²) in [5.41, 5.74) is 2.44. The van der Waals surface area contributed by atoms with E-state index in [2.05, 4.69) is 65.1 Å². The highest BCUT2D eigenvalue weighted by atomic mass is 16.5. The summed E-state index contributed by atoms with van der Waals surface area (Å²) in [6, 6.07) is 6.43. The highest BCUT2D eigenvalue weighted by Crippen LogP contribution is 2.33. The predicted octanol–water partition coefficient (Wildman–Crippen LogP) is 3.67. The van der Waals surface area contributed by atoms with Gasteiger partial charge in [0.2, 0.25) is 0 Å². The third-order valence-corrected chi connectivity index (χ3v) is 2.93. The van der Waals surface area contributed by atoms with Gasteiger partial charge >= 0.3 is 0 Å². The Kier molecular flexibility index (Phi) is 4.44. The summed E-state index contributed by atoms with van der Waals surface area (Å²) in [5.74, 6) is 0.994. The Balaban J connectivity index is 3.09. The Bertz CT molecular complexity index is 402. The summed E-state index contributed by atoms with van der Waals surface area (Å²) >= 11 is 0. The monoisotopic (exact) mass is 249 g/mol. The SMILES string of the molecule is CNCC(C)(C)Oc1ccc(C)cc1C(C)(C)C. The number of benzene rings is 1. The summed E-state index contributed by atoms with van der Waals surface area (Å²) in [6.07, 6.45) is 0.